The Bertz CT molecular complexity index is 665. The molecular formula is C17H23ClN4O2. The highest BCUT2D eigenvalue weighted by atomic mass is 35.5. The second kappa shape index (κ2) is 8.17. The van der Waals surface area contributed by atoms with Crippen LogP contribution in [0.5, 0.6) is 5.75 Å². The van der Waals surface area contributed by atoms with Crippen LogP contribution in [0.4, 0.5) is 4.79 Å². The molecule has 3 rings (SSSR count). The number of amides is 1. The van der Waals surface area contributed by atoms with Crippen molar-refractivity contribution in [1.82, 2.24) is 19.8 Å². The number of carbonyl (C=O) groups excluding carboxylic acids is 1. The van der Waals surface area contributed by atoms with Crippen LogP contribution in [0.25, 0.3) is 11.3 Å². The number of hydrogen-bond donors (Lipinski definition) is 1. The number of piperidine rings is 1. The third kappa shape index (κ3) is 3.88. The molecule has 1 saturated heterocycles. The zero-order chi connectivity index (χ0) is 16.2. The first kappa shape index (κ1) is 18.3. The standard InChI is InChI=1S/C17H22N4O2.ClH/c1-20(14-7-9-18-10-8-14)17(22)21-11-16(19-12-21)13-3-5-15(23-2)6-4-13;/h3-6,11-12,14,18H,7-10H2,1-2H3;1H. The number of aromatic nitrogens is 2. The van der Waals surface area contributed by atoms with E-state index in [2.05, 4.69) is 10.3 Å². The van der Waals surface area contributed by atoms with Crippen LogP contribution in [0, 0.1) is 0 Å². The third-order valence-corrected chi connectivity index (χ3v) is 4.35. The van der Waals surface area contributed by atoms with Gasteiger partial charge in [-0.15, -0.1) is 12.4 Å². The fourth-order valence-corrected chi connectivity index (χ4v) is 2.87. The van der Waals surface area contributed by atoms with Gasteiger partial charge in [-0.2, -0.15) is 0 Å². The van der Waals surface area contributed by atoms with Crippen molar-refractivity contribution in [3.8, 4) is 17.0 Å². The molecule has 1 fully saturated rings. The largest absolute Gasteiger partial charge is 0.497 e. The minimum atomic E-state index is -0.0378. The number of rotatable bonds is 3. The summed E-state index contributed by atoms with van der Waals surface area (Å²) in [6, 6.07) is 7.90. The van der Waals surface area contributed by atoms with Gasteiger partial charge in [-0.05, 0) is 50.2 Å². The monoisotopic (exact) mass is 350 g/mol. The van der Waals surface area contributed by atoms with Crippen LogP contribution >= 0.6 is 12.4 Å². The van der Waals surface area contributed by atoms with E-state index < -0.39 is 0 Å². The molecule has 7 heteroatoms. The number of ether oxygens (including phenoxy) is 1. The molecule has 0 unspecified atom stereocenters. The lowest BCUT2D eigenvalue weighted by molar-refractivity contribution is 0.178. The van der Waals surface area contributed by atoms with Crippen LogP contribution in [0.1, 0.15) is 12.8 Å². The summed E-state index contributed by atoms with van der Waals surface area (Å²) in [5.74, 6) is 0.801. The van der Waals surface area contributed by atoms with Crippen LogP contribution in [0.3, 0.4) is 0 Å². The molecule has 6 nitrogen and oxygen atoms in total. The highest BCUT2D eigenvalue weighted by Gasteiger charge is 2.23. The first-order valence-corrected chi connectivity index (χ1v) is 7.85. The number of methoxy groups -OCH3 is 1. The Morgan fingerprint density at radius 1 is 1.29 bits per heavy atom. The topological polar surface area (TPSA) is 59.4 Å². The van der Waals surface area contributed by atoms with Gasteiger partial charge < -0.3 is 15.0 Å². The van der Waals surface area contributed by atoms with E-state index >= 15 is 0 Å². The number of nitrogens with zero attached hydrogens (tertiary/aromatic N) is 3. The van der Waals surface area contributed by atoms with Gasteiger partial charge in [-0.25, -0.2) is 9.78 Å². The molecule has 0 radical (unpaired) electrons. The van der Waals surface area contributed by atoms with Crippen molar-refractivity contribution in [3.05, 3.63) is 36.8 Å². The molecule has 0 spiro atoms. The van der Waals surface area contributed by atoms with Crippen LogP contribution in [-0.2, 0) is 0 Å². The Labute approximate surface area is 148 Å². The van der Waals surface area contributed by atoms with Gasteiger partial charge in [0, 0.05) is 24.8 Å². The zero-order valence-corrected chi connectivity index (χ0v) is 14.8. The summed E-state index contributed by atoms with van der Waals surface area (Å²) in [6.07, 6.45) is 5.34. The summed E-state index contributed by atoms with van der Waals surface area (Å²) >= 11 is 0. The molecule has 1 aromatic heterocycles. The van der Waals surface area contributed by atoms with Crippen LogP contribution in [0.15, 0.2) is 36.8 Å². The van der Waals surface area contributed by atoms with E-state index in [1.807, 2.05) is 36.2 Å². The molecule has 1 aliphatic rings. The van der Waals surface area contributed by atoms with Crippen molar-refractivity contribution in [2.24, 2.45) is 0 Å². The Balaban J connectivity index is 0.00000208. The molecule has 0 aliphatic carbocycles. The molecule has 2 aromatic rings. The molecule has 24 heavy (non-hydrogen) atoms. The van der Waals surface area contributed by atoms with Gasteiger partial charge >= 0.3 is 6.03 Å². The second-order valence-electron chi connectivity index (χ2n) is 5.77. The van der Waals surface area contributed by atoms with E-state index in [0.717, 1.165) is 42.9 Å². The number of halogens is 1. The number of hydrogen-bond acceptors (Lipinski definition) is 4. The first-order valence-electron chi connectivity index (χ1n) is 7.85. The number of benzene rings is 1. The van der Waals surface area contributed by atoms with E-state index in [-0.39, 0.29) is 24.5 Å². The van der Waals surface area contributed by atoms with Crippen molar-refractivity contribution < 1.29 is 9.53 Å². The highest BCUT2D eigenvalue weighted by Crippen LogP contribution is 2.21. The Morgan fingerprint density at radius 3 is 2.58 bits per heavy atom. The summed E-state index contributed by atoms with van der Waals surface area (Å²) < 4.78 is 6.71. The molecule has 0 bridgehead atoms. The Morgan fingerprint density at radius 2 is 1.96 bits per heavy atom. The van der Waals surface area contributed by atoms with Crippen LogP contribution in [-0.4, -0.2) is 53.8 Å². The normalized spacial score (nSPS) is 14.8. The van der Waals surface area contributed by atoms with Crippen molar-refractivity contribution in [1.29, 1.82) is 0 Å². The smallest absolute Gasteiger partial charge is 0.329 e. The van der Waals surface area contributed by atoms with Gasteiger partial charge in [0.2, 0.25) is 0 Å². The van der Waals surface area contributed by atoms with Crippen molar-refractivity contribution in [2.45, 2.75) is 18.9 Å². The summed E-state index contributed by atoms with van der Waals surface area (Å²) in [5.41, 5.74) is 1.74. The molecule has 0 atom stereocenters. The quantitative estimate of drug-likeness (QED) is 0.924. The fraction of sp³-hybridized carbons (Fsp3) is 0.412. The SMILES string of the molecule is COc1ccc(-c2cn(C(=O)N(C)C3CCNCC3)cn2)cc1.Cl. The van der Waals surface area contributed by atoms with Crippen molar-refractivity contribution >= 4 is 18.4 Å². The lowest BCUT2D eigenvalue weighted by Crippen LogP contribution is -2.45. The van der Waals surface area contributed by atoms with Gasteiger partial charge in [0.25, 0.3) is 0 Å². The average molecular weight is 351 g/mol. The third-order valence-electron chi connectivity index (χ3n) is 4.35. The molecule has 1 amide bonds. The van der Waals surface area contributed by atoms with Gasteiger partial charge in [-0.1, -0.05) is 0 Å². The molecule has 0 saturated carbocycles. The predicted molar refractivity (Wildman–Crippen MR) is 95.9 cm³/mol. The highest BCUT2D eigenvalue weighted by molar-refractivity contribution is 5.85. The van der Waals surface area contributed by atoms with E-state index in [1.165, 1.54) is 0 Å². The number of imidazole rings is 1. The average Bonchev–Trinajstić information content (AvgIpc) is 3.11. The van der Waals surface area contributed by atoms with E-state index in [9.17, 15) is 4.79 Å². The van der Waals surface area contributed by atoms with Gasteiger partial charge in [0.1, 0.15) is 12.1 Å². The maximum Gasteiger partial charge on any atom is 0.329 e. The summed E-state index contributed by atoms with van der Waals surface area (Å²) in [6.45, 7) is 1.92. The maximum atomic E-state index is 12.6. The van der Waals surface area contributed by atoms with Gasteiger partial charge in [0.15, 0.2) is 0 Å². The van der Waals surface area contributed by atoms with E-state index in [4.69, 9.17) is 4.74 Å². The van der Waals surface area contributed by atoms with Crippen molar-refractivity contribution in [3.63, 3.8) is 0 Å². The Kier molecular flexibility index (Phi) is 6.23. The van der Waals surface area contributed by atoms with Gasteiger partial charge in [0.05, 0.1) is 12.8 Å². The lowest BCUT2D eigenvalue weighted by atomic mass is 10.1. The van der Waals surface area contributed by atoms with Crippen LogP contribution < -0.4 is 10.1 Å². The van der Waals surface area contributed by atoms with E-state index in [0.29, 0.717) is 0 Å². The number of nitrogens with one attached hydrogen (secondary N) is 1. The molecule has 130 valence electrons. The summed E-state index contributed by atoms with van der Waals surface area (Å²) in [7, 11) is 3.50. The predicted octanol–water partition coefficient (Wildman–Crippen LogP) is 2.63. The molecule has 1 N–H and O–H groups in total. The molecule has 1 aromatic carbocycles. The minimum Gasteiger partial charge on any atom is -0.497 e. The molecular weight excluding hydrogens is 328 g/mol. The lowest BCUT2D eigenvalue weighted by Gasteiger charge is -2.31. The maximum absolute atomic E-state index is 12.6. The van der Waals surface area contributed by atoms with Crippen LogP contribution in [0.2, 0.25) is 0 Å². The minimum absolute atomic E-state index is 0. The van der Waals surface area contributed by atoms with E-state index in [1.54, 1.807) is 24.2 Å². The summed E-state index contributed by atoms with van der Waals surface area (Å²) in [5, 5.41) is 3.32. The number of carbonyl (C=O) groups is 1. The fourth-order valence-electron chi connectivity index (χ4n) is 2.87. The second-order valence-corrected chi connectivity index (χ2v) is 5.77. The Hall–Kier alpha value is -2.05. The molecule has 2 heterocycles. The summed E-state index contributed by atoms with van der Waals surface area (Å²) in [4.78, 5) is 18.8. The van der Waals surface area contributed by atoms with Crippen molar-refractivity contribution in [2.75, 3.05) is 27.2 Å². The molecule has 1 aliphatic heterocycles. The first-order chi connectivity index (χ1) is 11.2. The van der Waals surface area contributed by atoms with Gasteiger partial charge in [-0.3, -0.25) is 4.57 Å². The zero-order valence-electron chi connectivity index (χ0n) is 13.9.